The van der Waals surface area contributed by atoms with Gasteiger partial charge in [-0.3, -0.25) is 4.79 Å². The molecule has 7 heteroatoms. The fraction of sp³-hybridized carbons (Fsp3) is 0.680. The molecule has 1 amide bonds. The Labute approximate surface area is 191 Å². The van der Waals surface area contributed by atoms with Crippen LogP contribution in [0.15, 0.2) is 35.5 Å². The minimum Gasteiger partial charge on any atom is -0.466 e. The van der Waals surface area contributed by atoms with Crippen LogP contribution in [-0.2, 0) is 14.3 Å². The highest BCUT2D eigenvalue weighted by molar-refractivity contribution is 5.90. The van der Waals surface area contributed by atoms with Crippen molar-refractivity contribution in [2.24, 2.45) is 23.7 Å². The number of carbonyl (C=O) groups is 2. The van der Waals surface area contributed by atoms with Crippen LogP contribution in [0.5, 0.6) is 0 Å². The van der Waals surface area contributed by atoms with Gasteiger partial charge in [0.25, 0.3) is 5.91 Å². The van der Waals surface area contributed by atoms with E-state index in [4.69, 9.17) is 0 Å². The first-order chi connectivity index (χ1) is 14.9. The third kappa shape index (κ3) is 5.69. The van der Waals surface area contributed by atoms with E-state index < -0.39 is 29.7 Å². The molecule has 7 nitrogen and oxygen atoms in total. The average molecular weight is 450 g/mol. The number of rotatable bonds is 9. The summed E-state index contributed by atoms with van der Waals surface area (Å²) in [4.78, 5) is 24.1. The van der Waals surface area contributed by atoms with Crippen LogP contribution < -0.4 is 5.32 Å². The Kier molecular flexibility index (Phi) is 8.85. The molecule has 4 N–H and O–H groups in total. The zero-order chi connectivity index (χ0) is 24.2. The van der Waals surface area contributed by atoms with Crippen LogP contribution in [0.3, 0.4) is 0 Å². The molecule has 1 aliphatic heterocycles. The minimum absolute atomic E-state index is 0.0686. The fourth-order valence-corrected chi connectivity index (χ4v) is 4.98. The second-order valence-corrected chi connectivity index (χ2v) is 9.78. The molecule has 7 atom stereocenters. The molecule has 32 heavy (non-hydrogen) atoms. The Bertz CT molecular complexity index is 785. The molecule has 2 rings (SSSR count). The van der Waals surface area contributed by atoms with Crippen LogP contribution in [0, 0.1) is 23.7 Å². The van der Waals surface area contributed by atoms with E-state index in [2.05, 4.69) is 30.8 Å². The fourth-order valence-electron chi connectivity index (χ4n) is 4.98. The summed E-state index contributed by atoms with van der Waals surface area (Å²) in [5.74, 6) is -1.09. The molecule has 0 bridgehead atoms. The quantitative estimate of drug-likeness (QED) is 0.244. The lowest BCUT2D eigenvalue weighted by Gasteiger charge is -2.42. The Hall–Kier alpha value is -1.96. The van der Waals surface area contributed by atoms with Gasteiger partial charge in [-0.05, 0) is 51.0 Å². The van der Waals surface area contributed by atoms with Gasteiger partial charge >= 0.3 is 5.97 Å². The summed E-state index contributed by atoms with van der Waals surface area (Å²) in [6, 6.07) is -0.0686. The first kappa shape index (κ1) is 26.3. The summed E-state index contributed by atoms with van der Waals surface area (Å²) in [5, 5.41) is 34.9. The van der Waals surface area contributed by atoms with Crippen LogP contribution >= 0.6 is 0 Å². The second-order valence-electron chi connectivity index (χ2n) is 9.78. The average Bonchev–Trinajstić information content (AvgIpc) is 2.98. The number of ether oxygens (including phenoxy) is 1. The van der Waals surface area contributed by atoms with E-state index in [1.54, 1.807) is 0 Å². The number of esters is 1. The van der Waals surface area contributed by atoms with Crippen LogP contribution in [0.4, 0.5) is 0 Å². The van der Waals surface area contributed by atoms with Crippen LogP contribution in [0.1, 0.15) is 53.9 Å². The predicted octanol–water partition coefficient (Wildman–Crippen LogP) is 2.27. The van der Waals surface area contributed by atoms with Crippen molar-refractivity contribution in [2.45, 2.75) is 77.7 Å². The van der Waals surface area contributed by atoms with Crippen molar-refractivity contribution in [1.82, 2.24) is 5.32 Å². The number of carbonyl (C=O) groups excluding carboxylic acids is 2. The molecule has 1 aliphatic carbocycles. The van der Waals surface area contributed by atoms with E-state index in [9.17, 15) is 24.9 Å². The Morgan fingerprint density at radius 2 is 2.00 bits per heavy atom. The van der Waals surface area contributed by atoms with Crippen LogP contribution in [0.2, 0.25) is 0 Å². The second kappa shape index (κ2) is 10.8. The van der Waals surface area contributed by atoms with Gasteiger partial charge in [0.15, 0.2) is 5.60 Å². The normalized spacial score (nSPS) is 32.5. The van der Waals surface area contributed by atoms with Crippen molar-refractivity contribution < 1.29 is 29.6 Å². The van der Waals surface area contributed by atoms with Gasteiger partial charge in [-0.25, -0.2) is 4.79 Å². The van der Waals surface area contributed by atoms with Crippen LogP contribution in [0.25, 0.3) is 0 Å². The number of methoxy groups -OCH3 is 1. The topological polar surface area (TPSA) is 116 Å². The first-order valence-corrected chi connectivity index (χ1v) is 11.4. The van der Waals surface area contributed by atoms with E-state index in [0.717, 1.165) is 23.6 Å². The highest BCUT2D eigenvalue weighted by atomic mass is 16.5. The maximum Gasteiger partial charge on any atom is 0.330 e. The highest BCUT2D eigenvalue weighted by Gasteiger charge is 2.60. The summed E-state index contributed by atoms with van der Waals surface area (Å²) >= 11 is 0. The number of hydrogen-bond donors (Lipinski definition) is 4. The highest BCUT2D eigenvalue weighted by Crippen LogP contribution is 2.48. The number of hydrogen-bond acceptors (Lipinski definition) is 6. The third-order valence-electron chi connectivity index (χ3n) is 6.88. The van der Waals surface area contributed by atoms with Gasteiger partial charge in [0.2, 0.25) is 0 Å². The zero-order valence-corrected chi connectivity index (χ0v) is 20.0. The zero-order valence-electron chi connectivity index (χ0n) is 20.0. The Morgan fingerprint density at radius 1 is 1.34 bits per heavy atom. The summed E-state index contributed by atoms with van der Waals surface area (Å²) < 4.78 is 4.47. The number of fused-ring (bicyclic) bond motifs is 1. The smallest absolute Gasteiger partial charge is 0.330 e. The standard InChI is InChI=1S/C25H39NO6/c1-14(2)11-19-23-17(5)16(4)13-18(25(23,31)24(30)26-19)12-15(3)7-8-20(27)21(28)9-10-22(29)32-6/h9-10,12-14,17-21,23,27-28,31H,7-8,11H2,1-6H3,(H,26,30)/b10-9+,15-12+/t17-,18+,19-,20+,21-,23+,25-/m0/s1. The van der Waals surface area contributed by atoms with Crippen molar-refractivity contribution in [3.8, 4) is 0 Å². The molecule has 0 unspecified atom stereocenters. The first-order valence-electron chi connectivity index (χ1n) is 11.4. The molecule has 1 heterocycles. The molecule has 0 aromatic carbocycles. The summed E-state index contributed by atoms with van der Waals surface area (Å²) in [5.41, 5.74) is 0.563. The van der Waals surface area contributed by atoms with E-state index in [1.165, 1.54) is 13.2 Å². The van der Waals surface area contributed by atoms with Gasteiger partial charge in [0.05, 0.1) is 19.3 Å². The van der Waals surface area contributed by atoms with Gasteiger partial charge < -0.3 is 25.4 Å². The van der Waals surface area contributed by atoms with Crippen molar-refractivity contribution in [2.75, 3.05) is 7.11 Å². The molecular formula is C25H39NO6. The monoisotopic (exact) mass is 449 g/mol. The lowest BCUT2D eigenvalue weighted by molar-refractivity contribution is -0.143. The molecule has 0 radical (unpaired) electrons. The minimum atomic E-state index is -1.50. The molecule has 1 fully saturated rings. The molecule has 0 spiro atoms. The van der Waals surface area contributed by atoms with Gasteiger partial charge in [0.1, 0.15) is 0 Å². The predicted molar refractivity (Wildman–Crippen MR) is 122 cm³/mol. The summed E-state index contributed by atoms with van der Waals surface area (Å²) in [6.45, 7) is 10.2. The summed E-state index contributed by atoms with van der Waals surface area (Å²) in [6.07, 6.45) is 5.48. The van der Waals surface area contributed by atoms with Gasteiger partial charge in [0, 0.05) is 24.0 Å². The maximum atomic E-state index is 12.9. The van der Waals surface area contributed by atoms with E-state index in [0.29, 0.717) is 12.3 Å². The van der Waals surface area contributed by atoms with E-state index >= 15 is 0 Å². The maximum absolute atomic E-state index is 12.9. The molecule has 2 aliphatic rings. The van der Waals surface area contributed by atoms with Gasteiger partial charge in [-0.15, -0.1) is 0 Å². The van der Waals surface area contributed by atoms with Crippen molar-refractivity contribution in [3.63, 3.8) is 0 Å². The van der Waals surface area contributed by atoms with Crippen molar-refractivity contribution >= 4 is 11.9 Å². The number of amides is 1. The molecule has 0 saturated carbocycles. The number of nitrogens with one attached hydrogen (secondary N) is 1. The van der Waals surface area contributed by atoms with Crippen molar-refractivity contribution in [3.05, 3.63) is 35.5 Å². The van der Waals surface area contributed by atoms with E-state index in [1.807, 2.05) is 26.0 Å². The number of allylic oxidation sites excluding steroid dienone is 2. The van der Waals surface area contributed by atoms with Gasteiger partial charge in [-0.2, -0.15) is 0 Å². The van der Waals surface area contributed by atoms with E-state index in [-0.39, 0.29) is 30.2 Å². The van der Waals surface area contributed by atoms with Gasteiger partial charge in [-0.1, -0.05) is 44.1 Å². The lowest BCUT2D eigenvalue weighted by atomic mass is 9.63. The lowest BCUT2D eigenvalue weighted by Crippen LogP contribution is -2.53. The summed E-state index contributed by atoms with van der Waals surface area (Å²) in [7, 11) is 1.24. The SMILES string of the molecule is COC(=O)/C=C/[C@H](O)[C@H](O)CC/C(C)=C/[C@@H]1C=C(C)[C@H](C)[C@@H]2[C@H](CC(C)C)NC(=O)[C@@]21O. The largest absolute Gasteiger partial charge is 0.466 e. The Balaban J connectivity index is 2.15. The van der Waals surface area contributed by atoms with Crippen LogP contribution in [-0.4, -0.2) is 58.2 Å². The molecule has 0 aromatic rings. The number of aliphatic hydroxyl groups is 3. The number of aliphatic hydroxyl groups excluding tert-OH is 2. The molecule has 180 valence electrons. The molecular weight excluding hydrogens is 410 g/mol. The van der Waals surface area contributed by atoms with Crippen molar-refractivity contribution in [1.29, 1.82) is 0 Å². The molecule has 0 aromatic heterocycles. The molecule has 1 saturated heterocycles. The Morgan fingerprint density at radius 3 is 2.59 bits per heavy atom. The third-order valence-corrected chi connectivity index (χ3v) is 6.88.